The Labute approximate surface area is 100 Å². The van der Waals surface area contributed by atoms with Crippen LogP contribution in [-0.4, -0.2) is 28.6 Å². The summed E-state index contributed by atoms with van der Waals surface area (Å²) in [5.41, 5.74) is 3.04. The fourth-order valence-corrected chi connectivity index (χ4v) is 1.85. The van der Waals surface area contributed by atoms with Gasteiger partial charge in [0.1, 0.15) is 0 Å². The average molecular weight is 232 g/mol. The molecule has 0 saturated heterocycles. The van der Waals surface area contributed by atoms with Gasteiger partial charge in [0, 0.05) is 18.6 Å². The van der Waals surface area contributed by atoms with Crippen molar-refractivity contribution in [3.8, 4) is 11.6 Å². The molecule has 0 aliphatic rings. The molecule has 4 heteroatoms. The number of benzene rings is 1. The molecular weight excluding hydrogens is 216 g/mol. The van der Waals surface area contributed by atoms with E-state index in [0.717, 1.165) is 16.8 Å². The molecule has 0 aliphatic heterocycles. The second kappa shape index (κ2) is 5.01. The van der Waals surface area contributed by atoms with Gasteiger partial charge in [-0.15, -0.1) is 0 Å². The van der Waals surface area contributed by atoms with Crippen molar-refractivity contribution >= 4 is 0 Å². The van der Waals surface area contributed by atoms with E-state index < -0.39 is 0 Å². The lowest BCUT2D eigenvalue weighted by Gasteiger charge is -2.09. The highest BCUT2D eigenvalue weighted by Crippen LogP contribution is 2.24. The van der Waals surface area contributed by atoms with E-state index in [4.69, 9.17) is 9.84 Å². The Hall–Kier alpha value is -1.81. The van der Waals surface area contributed by atoms with Gasteiger partial charge < -0.3 is 9.84 Å². The number of hydrogen-bond donors (Lipinski definition) is 1. The maximum atomic E-state index is 8.98. The lowest BCUT2D eigenvalue weighted by atomic mass is 10.2. The Morgan fingerprint density at radius 3 is 2.76 bits per heavy atom. The van der Waals surface area contributed by atoms with E-state index in [0.29, 0.717) is 12.3 Å². The van der Waals surface area contributed by atoms with Gasteiger partial charge in [-0.3, -0.25) is 0 Å². The molecular formula is C13H16N2O2. The van der Waals surface area contributed by atoms with Gasteiger partial charge in [0.25, 0.3) is 0 Å². The summed E-state index contributed by atoms with van der Waals surface area (Å²) < 4.78 is 7.13. The largest absolute Gasteiger partial charge is 0.481 e. The maximum Gasteiger partial charge on any atom is 0.219 e. The minimum absolute atomic E-state index is 0.0931. The standard InChI is InChI=1S/C13H16N2O2/c1-10-5-3-4-6-12(10)15-13(17-2)11(7-8-16)9-14-15/h3-6,9,16H,7-8H2,1-2H3. The monoisotopic (exact) mass is 232 g/mol. The van der Waals surface area contributed by atoms with Gasteiger partial charge in [-0.1, -0.05) is 18.2 Å². The first-order valence-electron chi connectivity index (χ1n) is 5.55. The zero-order valence-electron chi connectivity index (χ0n) is 10.1. The molecule has 2 aromatic rings. The molecule has 0 radical (unpaired) electrons. The van der Waals surface area contributed by atoms with Crippen LogP contribution in [-0.2, 0) is 6.42 Å². The van der Waals surface area contributed by atoms with Crippen molar-refractivity contribution in [2.75, 3.05) is 13.7 Å². The number of para-hydroxylation sites is 1. The molecule has 4 nitrogen and oxygen atoms in total. The van der Waals surface area contributed by atoms with Crippen LogP contribution in [0.1, 0.15) is 11.1 Å². The fourth-order valence-electron chi connectivity index (χ4n) is 1.85. The summed E-state index contributed by atoms with van der Waals surface area (Å²) in [7, 11) is 1.62. The van der Waals surface area contributed by atoms with Crippen molar-refractivity contribution in [1.29, 1.82) is 0 Å². The Morgan fingerprint density at radius 2 is 2.12 bits per heavy atom. The number of aliphatic hydroxyl groups excluding tert-OH is 1. The quantitative estimate of drug-likeness (QED) is 0.873. The van der Waals surface area contributed by atoms with Gasteiger partial charge in [0.05, 0.1) is 19.0 Å². The van der Waals surface area contributed by atoms with Crippen LogP contribution >= 0.6 is 0 Å². The van der Waals surface area contributed by atoms with E-state index >= 15 is 0 Å². The lowest BCUT2D eigenvalue weighted by molar-refractivity contribution is 0.296. The number of aliphatic hydroxyl groups is 1. The molecule has 90 valence electrons. The molecule has 1 aromatic heterocycles. The highest BCUT2D eigenvalue weighted by atomic mass is 16.5. The maximum absolute atomic E-state index is 8.98. The summed E-state index contributed by atoms with van der Waals surface area (Å²) in [4.78, 5) is 0. The molecule has 0 saturated carbocycles. The molecule has 0 fully saturated rings. The van der Waals surface area contributed by atoms with Crippen molar-refractivity contribution in [3.63, 3.8) is 0 Å². The van der Waals surface area contributed by atoms with Crippen LogP contribution in [0.3, 0.4) is 0 Å². The molecule has 1 N–H and O–H groups in total. The minimum Gasteiger partial charge on any atom is -0.481 e. The Kier molecular flexibility index (Phi) is 3.44. The Balaban J connectivity index is 2.49. The second-order valence-corrected chi connectivity index (χ2v) is 3.85. The van der Waals surface area contributed by atoms with Crippen LogP contribution < -0.4 is 4.74 Å². The number of ether oxygens (including phenoxy) is 1. The molecule has 0 unspecified atom stereocenters. The normalized spacial score (nSPS) is 10.5. The summed E-state index contributed by atoms with van der Waals surface area (Å²) in [5.74, 6) is 0.688. The molecule has 17 heavy (non-hydrogen) atoms. The third-order valence-corrected chi connectivity index (χ3v) is 2.71. The van der Waals surface area contributed by atoms with E-state index in [2.05, 4.69) is 5.10 Å². The van der Waals surface area contributed by atoms with E-state index in [1.54, 1.807) is 18.0 Å². The van der Waals surface area contributed by atoms with E-state index in [1.165, 1.54) is 0 Å². The van der Waals surface area contributed by atoms with Crippen LogP contribution in [0.15, 0.2) is 30.5 Å². The molecule has 0 aliphatic carbocycles. The predicted molar refractivity (Wildman–Crippen MR) is 65.6 cm³/mol. The first-order valence-corrected chi connectivity index (χ1v) is 5.55. The summed E-state index contributed by atoms with van der Waals surface area (Å²) in [6.45, 7) is 2.12. The zero-order valence-corrected chi connectivity index (χ0v) is 10.1. The zero-order chi connectivity index (χ0) is 12.3. The Bertz CT molecular complexity index is 506. The van der Waals surface area contributed by atoms with E-state index in [-0.39, 0.29) is 6.61 Å². The average Bonchev–Trinajstić information content (AvgIpc) is 2.73. The van der Waals surface area contributed by atoms with E-state index in [9.17, 15) is 0 Å². The molecule has 0 bridgehead atoms. The molecule has 0 amide bonds. The number of rotatable bonds is 4. The minimum atomic E-state index is 0.0931. The summed E-state index contributed by atoms with van der Waals surface area (Å²) >= 11 is 0. The first kappa shape index (κ1) is 11.7. The summed E-state index contributed by atoms with van der Waals surface area (Å²) in [6.07, 6.45) is 2.29. The highest BCUT2D eigenvalue weighted by Gasteiger charge is 2.13. The lowest BCUT2D eigenvalue weighted by Crippen LogP contribution is -2.03. The number of aryl methyl sites for hydroxylation is 1. The molecule has 0 atom stereocenters. The highest BCUT2D eigenvalue weighted by molar-refractivity contribution is 5.43. The van der Waals surface area contributed by atoms with Gasteiger partial charge in [-0.05, 0) is 18.6 Å². The third-order valence-electron chi connectivity index (χ3n) is 2.71. The number of methoxy groups -OCH3 is 1. The Morgan fingerprint density at radius 1 is 1.35 bits per heavy atom. The van der Waals surface area contributed by atoms with Gasteiger partial charge in [0.15, 0.2) is 0 Å². The topological polar surface area (TPSA) is 47.3 Å². The van der Waals surface area contributed by atoms with Crippen molar-refractivity contribution in [3.05, 3.63) is 41.6 Å². The van der Waals surface area contributed by atoms with Gasteiger partial charge in [0.2, 0.25) is 5.88 Å². The fraction of sp³-hybridized carbons (Fsp3) is 0.308. The van der Waals surface area contributed by atoms with Crippen molar-refractivity contribution in [2.45, 2.75) is 13.3 Å². The van der Waals surface area contributed by atoms with Crippen LogP contribution in [0.4, 0.5) is 0 Å². The number of aromatic nitrogens is 2. The summed E-state index contributed by atoms with van der Waals surface area (Å²) in [5, 5.41) is 13.3. The van der Waals surface area contributed by atoms with Crippen molar-refractivity contribution in [1.82, 2.24) is 9.78 Å². The smallest absolute Gasteiger partial charge is 0.219 e. The van der Waals surface area contributed by atoms with E-state index in [1.807, 2.05) is 31.2 Å². The van der Waals surface area contributed by atoms with Gasteiger partial charge >= 0.3 is 0 Å². The van der Waals surface area contributed by atoms with Crippen LogP contribution in [0.5, 0.6) is 5.88 Å². The van der Waals surface area contributed by atoms with Gasteiger partial charge in [-0.25, -0.2) is 4.68 Å². The molecule has 1 heterocycles. The molecule has 0 spiro atoms. The van der Waals surface area contributed by atoms with Crippen molar-refractivity contribution < 1.29 is 9.84 Å². The number of nitrogens with zero attached hydrogens (tertiary/aromatic N) is 2. The van der Waals surface area contributed by atoms with Gasteiger partial charge in [-0.2, -0.15) is 5.10 Å². The molecule has 2 rings (SSSR count). The SMILES string of the molecule is COc1c(CCO)cnn1-c1ccccc1C. The van der Waals surface area contributed by atoms with Crippen LogP contribution in [0.2, 0.25) is 0 Å². The first-order chi connectivity index (χ1) is 8.27. The molecule has 1 aromatic carbocycles. The summed E-state index contributed by atoms with van der Waals surface area (Å²) in [6, 6.07) is 7.98. The number of hydrogen-bond acceptors (Lipinski definition) is 3. The third kappa shape index (κ3) is 2.17. The van der Waals surface area contributed by atoms with Crippen molar-refractivity contribution in [2.24, 2.45) is 0 Å². The second-order valence-electron chi connectivity index (χ2n) is 3.85. The predicted octanol–water partition coefficient (Wildman–Crippen LogP) is 1.72. The van der Waals surface area contributed by atoms with Crippen LogP contribution in [0, 0.1) is 6.92 Å². The van der Waals surface area contributed by atoms with Crippen LogP contribution in [0.25, 0.3) is 5.69 Å².